The van der Waals surface area contributed by atoms with Crippen LogP contribution in [0, 0.1) is 10.1 Å². The van der Waals surface area contributed by atoms with Crippen molar-refractivity contribution < 1.29 is 38.7 Å². The molecule has 230 valence electrons. The third-order valence-electron chi connectivity index (χ3n) is 7.72. The van der Waals surface area contributed by atoms with Gasteiger partial charge in [-0.25, -0.2) is 0 Å². The predicted molar refractivity (Wildman–Crippen MR) is 157 cm³/mol. The Hall–Kier alpha value is -4.72. The van der Waals surface area contributed by atoms with Crippen LogP contribution in [0.5, 0.6) is 5.75 Å². The lowest BCUT2D eigenvalue weighted by Gasteiger charge is -2.32. The molecule has 0 aliphatic carbocycles. The molecule has 0 radical (unpaired) electrons. The molecule has 2 aliphatic rings. The summed E-state index contributed by atoms with van der Waals surface area (Å²) in [7, 11) is 0. The zero-order chi connectivity index (χ0) is 31.2. The van der Waals surface area contributed by atoms with Gasteiger partial charge in [0.05, 0.1) is 48.7 Å². The fraction of sp³-hybridized carbons (Fsp3) is 0.355. The van der Waals surface area contributed by atoms with Crippen molar-refractivity contribution in [2.45, 2.75) is 32.4 Å². The highest BCUT2D eigenvalue weighted by Gasteiger charge is 2.34. The Morgan fingerprint density at radius 3 is 2.50 bits per heavy atom. The van der Waals surface area contributed by atoms with E-state index in [9.17, 15) is 34.4 Å². The average molecular weight is 605 g/mol. The number of nitro benzene ring substituents is 1. The Labute approximate surface area is 252 Å². The average Bonchev–Trinajstić information content (AvgIpc) is 3.02. The van der Waals surface area contributed by atoms with Crippen LogP contribution in [0.1, 0.15) is 39.9 Å². The number of benzene rings is 3. The molecule has 0 spiro atoms. The van der Waals surface area contributed by atoms with Crippen LogP contribution in [0.15, 0.2) is 48.5 Å². The SMILES string of the molecule is O=C(CCC(=O)Oc1cc2c(c3ccccc13)C(=O)N(CCN1CCOCC1)C(=O)C2)NCc1ccc(CO)c([N+](=O)[O-])c1. The molecule has 0 saturated carbocycles. The number of imide groups is 1. The van der Waals surface area contributed by atoms with E-state index in [2.05, 4.69) is 10.2 Å². The summed E-state index contributed by atoms with van der Waals surface area (Å²) in [6.45, 7) is 3.09. The minimum absolute atomic E-state index is 0.00140. The molecule has 0 atom stereocenters. The number of amides is 3. The van der Waals surface area contributed by atoms with Gasteiger partial charge < -0.3 is 19.9 Å². The van der Waals surface area contributed by atoms with E-state index in [1.807, 2.05) is 0 Å². The number of carbonyl (C=O) groups is 4. The maximum atomic E-state index is 13.5. The number of nitrogens with one attached hydrogen (secondary N) is 1. The van der Waals surface area contributed by atoms with Gasteiger partial charge in [0, 0.05) is 50.6 Å². The third kappa shape index (κ3) is 6.91. The first-order valence-corrected chi connectivity index (χ1v) is 14.3. The molecule has 3 aromatic rings. The summed E-state index contributed by atoms with van der Waals surface area (Å²) in [5.41, 5.74) is 1.27. The molecule has 3 aromatic carbocycles. The zero-order valence-electron chi connectivity index (χ0n) is 24.0. The topological polar surface area (TPSA) is 169 Å². The van der Waals surface area contributed by atoms with Gasteiger partial charge in [-0.1, -0.05) is 30.3 Å². The number of aliphatic hydroxyl groups excluding tert-OH is 1. The smallest absolute Gasteiger partial charge is 0.311 e. The fourth-order valence-corrected chi connectivity index (χ4v) is 5.37. The molecule has 2 N–H and O–H groups in total. The summed E-state index contributed by atoms with van der Waals surface area (Å²) in [4.78, 5) is 65.7. The summed E-state index contributed by atoms with van der Waals surface area (Å²) in [5, 5.41) is 24.2. The zero-order valence-corrected chi connectivity index (χ0v) is 24.0. The van der Waals surface area contributed by atoms with Gasteiger partial charge in [0.1, 0.15) is 5.75 Å². The van der Waals surface area contributed by atoms with Crippen molar-refractivity contribution in [2.24, 2.45) is 0 Å². The first kappa shape index (κ1) is 30.7. The van der Waals surface area contributed by atoms with E-state index in [4.69, 9.17) is 9.47 Å². The number of hydrogen-bond acceptors (Lipinski definition) is 10. The van der Waals surface area contributed by atoms with E-state index in [1.54, 1.807) is 36.4 Å². The minimum atomic E-state index is -0.672. The van der Waals surface area contributed by atoms with Crippen LogP contribution < -0.4 is 10.1 Å². The summed E-state index contributed by atoms with van der Waals surface area (Å²) in [5.74, 6) is -1.64. The van der Waals surface area contributed by atoms with Crippen molar-refractivity contribution in [1.29, 1.82) is 0 Å². The van der Waals surface area contributed by atoms with E-state index in [-0.39, 0.29) is 61.2 Å². The van der Waals surface area contributed by atoms with Crippen LogP contribution in [0.25, 0.3) is 10.8 Å². The first-order chi connectivity index (χ1) is 21.2. The second kappa shape index (κ2) is 13.7. The highest BCUT2D eigenvalue weighted by atomic mass is 16.6. The monoisotopic (exact) mass is 604 g/mol. The van der Waals surface area contributed by atoms with E-state index >= 15 is 0 Å². The molecule has 13 heteroatoms. The van der Waals surface area contributed by atoms with Crippen LogP contribution in [-0.4, -0.2) is 82.9 Å². The Bertz CT molecular complexity index is 1620. The lowest BCUT2D eigenvalue weighted by atomic mass is 9.92. The molecule has 3 amide bonds. The van der Waals surface area contributed by atoms with Gasteiger partial charge in [0.15, 0.2) is 0 Å². The Morgan fingerprint density at radius 2 is 1.77 bits per heavy atom. The largest absolute Gasteiger partial charge is 0.426 e. The Kier molecular flexibility index (Phi) is 9.58. The summed E-state index contributed by atoms with van der Waals surface area (Å²) in [6.07, 6.45) is -0.443. The van der Waals surface area contributed by atoms with Crippen molar-refractivity contribution in [2.75, 3.05) is 39.4 Å². The number of esters is 1. The molecule has 44 heavy (non-hydrogen) atoms. The van der Waals surface area contributed by atoms with E-state index in [0.717, 1.165) is 13.1 Å². The second-order valence-electron chi connectivity index (χ2n) is 10.6. The summed E-state index contributed by atoms with van der Waals surface area (Å²) in [6, 6.07) is 12.8. The van der Waals surface area contributed by atoms with Gasteiger partial charge in [-0.3, -0.25) is 39.1 Å². The predicted octanol–water partition coefficient (Wildman–Crippen LogP) is 2.10. The summed E-state index contributed by atoms with van der Waals surface area (Å²) < 4.78 is 11.0. The molecule has 13 nitrogen and oxygen atoms in total. The highest BCUT2D eigenvalue weighted by Crippen LogP contribution is 2.35. The van der Waals surface area contributed by atoms with E-state index < -0.39 is 23.4 Å². The summed E-state index contributed by atoms with van der Waals surface area (Å²) >= 11 is 0. The number of morpholine rings is 1. The fourth-order valence-electron chi connectivity index (χ4n) is 5.37. The van der Waals surface area contributed by atoms with Gasteiger partial charge in [-0.05, 0) is 28.6 Å². The molecule has 2 aliphatic heterocycles. The Balaban J connectivity index is 1.22. The number of rotatable bonds is 11. The molecule has 0 aromatic heterocycles. The van der Waals surface area contributed by atoms with Crippen LogP contribution >= 0.6 is 0 Å². The van der Waals surface area contributed by atoms with Gasteiger partial charge in [0.25, 0.3) is 11.6 Å². The first-order valence-electron chi connectivity index (χ1n) is 14.3. The van der Waals surface area contributed by atoms with Gasteiger partial charge in [-0.2, -0.15) is 0 Å². The van der Waals surface area contributed by atoms with Crippen molar-refractivity contribution in [3.8, 4) is 5.75 Å². The maximum Gasteiger partial charge on any atom is 0.311 e. The molecule has 2 heterocycles. The molecular formula is C31H32N4O9. The Morgan fingerprint density at radius 1 is 1.02 bits per heavy atom. The van der Waals surface area contributed by atoms with Crippen molar-refractivity contribution in [3.05, 3.63) is 80.9 Å². The standard InChI is InChI=1S/C31H32N4O9/c36-19-21-6-5-20(15-25(21)35(41)42)18-32-27(37)7-8-29(39)44-26-16-22-17-28(38)34(10-9-33-11-13-43-14-12-33)31(40)30(22)24-4-2-1-3-23(24)26/h1-6,15-16,36H,7-14,17-19H2,(H,32,37). The normalized spacial score (nSPS) is 15.2. The van der Waals surface area contributed by atoms with Gasteiger partial charge in [0.2, 0.25) is 11.8 Å². The molecular weight excluding hydrogens is 572 g/mol. The van der Waals surface area contributed by atoms with Crippen molar-refractivity contribution >= 4 is 40.2 Å². The third-order valence-corrected chi connectivity index (χ3v) is 7.72. The number of fused-ring (bicyclic) bond motifs is 3. The van der Waals surface area contributed by atoms with Gasteiger partial charge in [-0.15, -0.1) is 0 Å². The number of aliphatic hydroxyl groups is 1. The van der Waals surface area contributed by atoms with E-state index in [1.165, 1.54) is 17.0 Å². The molecule has 1 saturated heterocycles. The number of ether oxygens (including phenoxy) is 2. The lowest BCUT2D eigenvalue weighted by Crippen LogP contribution is -2.47. The van der Waals surface area contributed by atoms with Crippen LogP contribution in [0.3, 0.4) is 0 Å². The number of nitro groups is 1. The minimum Gasteiger partial charge on any atom is -0.426 e. The lowest BCUT2D eigenvalue weighted by molar-refractivity contribution is -0.385. The molecule has 1 fully saturated rings. The van der Waals surface area contributed by atoms with Crippen molar-refractivity contribution in [3.63, 3.8) is 0 Å². The van der Waals surface area contributed by atoms with Crippen molar-refractivity contribution in [1.82, 2.24) is 15.1 Å². The van der Waals surface area contributed by atoms with Gasteiger partial charge >= 0.3 is 5.97 Å². The van der Waals surface area contributed by atoms with Crippen LogP contribution in [0.4, 0.5) is 5.69 Å². The van der Waals surface area contributed by atoms with Crippen LogP contribution in [0.2, 0.25) is 0 Å². The quantitative estimate of drug-likeness (QED) is 0.109. The molecule has 0 bridgehead atoms. The maximum absolute atomic E-state index is 13.5. The molecule has 0 unspecified atom stereocenters. The number of carbonyl (C=O) groups excluding carboxylic acids is 4. The highest BCUT2D eigenvalue weighted by molar-refractivity contribution is 6.17. The number of nitrogens with zero attached hydrogens (tertiary/aromatic N) is 3. The number of hydrogen-bond donors (Lipinski definition) is 2. The second-order valence-corrected chi connectivity index (χ2v) is 10.6. The van der Waals surface area contributed by atoms with E-state index in [0.29, 0.717) is 47.2 Å². The van der Waals surface area contributed by atoms with Crippen LogP contribution in [-0.2, 0) is 38.7 Å². The molecule has 5 rings (SSSR count).